The molecule has 4 N–H and O–H groups in total. The summed E-state index contributed by atoms with van der Waals surface area (Å²) >= 11 is 0. The Morgan fingerprint density at radius 2 is 1.88 bits per heavy atom. The minimum Gasteiger partial charge on any atom is -0.342 e. The van der Waals surface area contributed by atoms with Gasteiger partial charge in [-0.1, -0.05) is 38.2 Å². The van der Waals surface area contributed by atoms with Crippen molar-refractivity contribution in [3.63, 3.8) is 0 Å². The molecule has 1 aliphatic rings. The molecule has 0 radical (unpaired) electrons. The van der Waals surface area contributed by atoms with Crippen molar-refractivity contribution >= 4 is 28.4 Å². The van der Waals surface area contributed by atoms with Crippen LogP contribution in [0, 0.1) is 12.8 Å². The van der Waals surface area contributed by atoms with Gasteiger partial charge in [-0.05, 0) is 69.7 Å². The first-order chi connectivity index (χ1) is 16.2. The highest BCUT2D eigenvalue weighted by molar-refractivity contribution is 6.01. The van der Waals surface area contributed by atoms with E-state index < -0.39 is 5.54 Å². The number of nitrogens with one attached hydrogen (secondary N) is 2. The summed E-state index contributed by atoms with van der Waals surface area (Å²) in [7, 11) is 1.72. The van der Waals surface area contributed by atoms with Crippen LogP contribution in [0.4, 0.5) is 5.69 Å². The molecule has 1 saturated carbocycles. The van der Waals surface area contributed by atoms with Crippen LogP contribution in [0.15, 0.2) is 29.1 Å². The fourth-order valence-electron chi connectivity index (χ4n) is 5.00. The largest absolute Gasteiger partial charge is 0.342 e. The van der Waals surface area contributed by atoms with Gasteiger partial charge in [0.25, 0.3) is 5.56 Å². The van der Waals surface area contributed by atoms with Crippen molar-refractivity contribution in [2.45, 2.75) is 83.6 Å². The molecule has 1 atom stereocenters. The summed E-state index contributed by atoms with van der Waals surface area (Å²) in [5.74, 6) is 0.282. The molecule has 0 aliphatic heterocycles. The molecule has 7 nitrogen and oxygen atoms in total. The quantitative estimate of drug-likeness (QED) is 0.455. The van der Waals surface area contributed by atoms with E-state index in [0.717, 1.165) is 35.7 Å². The van der Waals surface area contributed by atoms with Crippen molar-refractivity contribution in [1.82, 2.24) is 9.88 Å². The number of nitrogens with two attached hydrogens (primary N) is 1. The molecule has 186 valence electrons. The number of pyridine rings is 1. The molecule has 7 heteroatoms. The number of anilines is 1. The van der Waals surface area contributed by atoms with Crippen LogP contribution in [0.3, 0.4) is 0 Å². The van der Waals surface area contributed by atoms with Crippen LogP contribution in [0.5, 0.6) is 0 Å². The molecule has 1 aromatic carbocycles. The molecule has 1 aliphatic carbocycles. The van der Waals surface area contributed by atoms with E-state index >= 15 is 0 Å². The van der Waals surface area contributed by atoms with Crippen molar-refractivity contribution in [3.8, 4) is 0 Å². The second-order valence-electron chi connectivity index (χ2n) is 10.1. The Morgan fingerprint density at radius 1 is 1.15 bits per heavy atom. The lowest BCUT2D eigenvalue weighted by atomic mass is 9.86. The first kappa shape index (κ1) is 25.9. The van der Waals surface area contributed by atoms with Crippen LogP contribution < -0.4 is 21.9 Å². The number of aryl methyl sites for hydroxylation is 2. The molecule has 1 fully saturated rings. The van der Waals surface area contributed by atoms with Crippen molar-refractivity contribution < 1.29 is 9.59 Å². The van der Waals surface area contributed by atoms with E-state index in [1.54, 1.807) is 24.6 Å². The lowest BCUT2D eigenvalue weighted by molar-refractivity contribution is -0.130. The summed E-state index contributed by atoms with van der Waals surface area (Å²) in [6.07, 6.45) is 9.57. The smallest absolute Gasteiger partial charge is 0.251 e. The molecule has 2 amide bonds. The maximum atomic E-state index is 13.4. The maximum Gasteiger partial charge on any atom is 0.251 e. The van der Waals surface area contributed by atoms with E-state index in [-0.39, 0.29) is 17.4 Å². The second-order valence-corrected chi connectivity index (χ2v) is 10.1. The van der Waals surface area contributed by atoms with Gasteiger partial charge in [0.15, 0.2) is 0 Å². The van der Waals surface area contributed by atoms with Gasteiger partial charge in [0.2, 0.25) is 11.8 Å². The Morgan fingerprint density at radius 3 is 2.59 bits per heavy atom. The predicted molar refractivity (Wildman–Crippen MR) is 138 cm³/mol. The van der Waals surface area contributed by atoms with E-state index in [4.69, 9.17) is 5.73 Å². The number of fused-ring (bicyclic) bond motifs is 1. The average Bonchev–Trinajstić information content (AvgIpc) is 2.82. The van der Waals surface area contributed by atoms with Crippen molar-refractivity contribution in [3.05, 3.63) is 40.2 Å². The third-order valence-electron chi connectivity index (χ3n) is 7.26. The number of hydrogen-bond acceptors (Lipinski definition) is 4. The molecule has 1 aromatic heterocycles. The number of unbranched alkanes of at least 4 members (excludes halogenated alkanes) is 1. The normalized spacial score (nSPS) is 16.2. The van der Waals surface area contributed by atoms with E-state index in [2.05, 4.69) is 10.6 Å². The number of rotatable bonds is 10. The van der Waals surface area contributed by atoms with Crippen LogP contribution in [0.25, 0.3) is 10.9 Å². The van der Waals surface area contributed by atoms with Gasteiger partial charge in [-0.3, -0.25) is 14.4 Å². The Balaban J connectivity index is 1.73. The number of carbonyl (C=O) groups is 2. The van der Waals surface area contributed by atoms with Crippen LogP contribution in [0.1, 0.15) is 76.7 Å². The standard InChI is InChI=1S/C27H40N4O3/c1-19-17-25(33)31(3)23-18-21(12-13-22(19)23)29-26(34)27(2,15-7-8-16-28)30-24(32)14-11-20-9-5-4-6-10-20/h12-13,17-18,20H,4-11,14-16,28H2,1-3H3,(H,29,34)(H,30,32). The zero-order valence-electron chi connectivity index (χ0n) is 20.9. The zero-order chi connectivity index (χ0) is 24.7. The lowest BCUT2D eigenvalue weighted by Crippen LogP contribution is -2.54. The van der Waals surface area contributed by atoms with Gasteiger partial charge < -0.3 is 20.9 Å². The molecule has 2 aromatic rings. The molecule has 3 rings (SSSR count). The van der Waals surface area contributed by atoms with Crippen molar-refractivity contribution in [2.75, 3.05) is 11.9 Å². The average molecular weight is 469 g/mol. The van der Waals surface area contributed by atoms with Crippen molar-refractivity contribution in [2.24, 2.45) is 18.7 Å². The first-order valence-corrected chi connectivity index (χ1v) is 12.7. The van der Waals surface area contributed by atoms with Gasteiger partial charge in [-0.15, -0.1) is 0 Å². The first-order valence-electron chi connectivity index (χ1n) is 12.7. The van der Waals surface area contributed by atoms with Gasteiger partial charge in [0.1, 0.15) is 5.54 Å². The number of amides is 2. The van der Waals surface area contributed by atoms with Crippen LogP contribution >= 0.6 is 0 Å². The number of benzene rings is 1. The minimum absolute atomic E-state index is 0.0764. The molecule has 0 saturated heterocycles. The molecule has 34 heavy (non-hydrogen) atoms. The minimum atomic E-state index is -1.04. The van der Waals surface area contributed by atoms with Crippen LogP contribution in [-0.2, 0) is 16.6 Å². The summed E-state index contributed by atoms with van der Waals surface area (Å²) in [6, 6.07) is 7.17. The van der Waals surface area contributed by atoms with Gasteiger partial charge >= 0.3 is 0 Å². The highest BCUT2D eigenvalue weighted by Gasteiger charge is 2.34. The van der Waals surface area contributed by atoms with E-state index in [1.807, 2.05) is 25.1 Å². The van der Waals surface area contributed by atoms with E-state index in [1.165, 1.54) is 32.1 Å². The maximum absolute atomic E-state index is 13.4. The summed E-state index contributed by atoms with van der Waals surface area (Å²) in [6.45, 7) is 4.24. The van der Waals surface area contributed by atoms with Crippen LogP contribution in [-0.4, -0.2) is 28.5 Å². The molecule has 0 spiro atoms. The monoisotopic (exact) mass is 468 g/mol. The Bertz CT molecular complexity index is 1070. The van der Waals surface area contributed by atoms with Gasteiger partial charge in [0.05, 0.1) is 5.52 Å². The summed E-state index contributed by atoms with van der Waals surface area (Å²) in [5, 5.41) is 6.97. The summed E-state index contributed by atoms with van der Waals surface area (Å²) in [4.78, 5) is 38.4. The molecule has 1 heterocycles. The Kier molecular flexibility index (Phi) is 8.89. The lowest BCUT2D eigenvalue weighted by Gasteiger charge is -2.30. The highest BCUT2D eigenvalue weighted by atomic mass is 16.2. The SMILES string of the molecule is Cc1cc(=O)n(C)c2cc(NC(=O)C(C)(CCCCN)NC(=O)CCC3CCCCC3)ccc12. The highest BCUT2D eigenvalue weighted by Crippen LogP contribution is 2.28. The molecular weight excluding hydrogens is 428 g/mol. The summed E-state index contributed by atoms with van der Waals surface area (Å²) in [5.41, 5.74) is 6.78. The number of hydrogen-bond donors (Lipinski definition) is 3. The fourth-order valence-corrected chi connectivity index (χ4v) is 5.00. The fraction of sp³-hybridized carbons (Fsp3) is 0.593. The third kappa shape index (κ3) is 6.47. The molecule has 1 unspecified atom stereocenters. The Hall–Kier alpha value is -2.67. The zero-order valence-corrected chi connectivity index (χ0v) is 20.9. The molecule has 0 bridgehead atoms. The molecular formula is C27H40N4O3. The summed E-state index contributed by atoms with van der Waals surface area (Å²) < 4.78 is 1.57. The topological polar surface area (TPSA) is 106 Å². The number of aromatic nitrogens is 1. The van der Waals surface area contributed by atoms with Gasteiger partial charge in [-0.2, -0.15) is 0 Å². The number of carbonyl (C=O) groups excluding carboxylic acids is 2. The van der Waals surface area contributed by atoms with E-state index in [9.17, 15) is 14.4 Å². The third-order valence-corrected chi connectivity index (χ3v) is 7.26. The number of nitrogens with zero attached hydrogens (tertiary/aromatic N) is 1. The van der Waals surface area contributed by atoms with Gasteiger partial charge in [0, 0.05) is 30.6 Å². The van der Waals surface area contributed by atoms with E-state index in [0.29, 0.717) is 31.0 Å². The second kappa shape index (κ2) is 11.6. The Labute approximate surface area is 202 Å². The van der Waals surface area contributed by atoms with Gasteiger partial charge in [-0.25, -0.2) is 0 Å². The van der Waals surface area contributed by atoms with Crippen molar-refractivity contribution in [1.29, 1.82) is 0 Å². The predicted octanol–water partition coefficient (Wildman–Crippen LogP) is 4.15. The van der Waals surface area contributed by atoms with Crippen LogP contribution in [0.2, 0.25) is 0 Å².